The van der Waals surface area contributed by atoms with Crippen LogP contribution in [0, 0.1) is 5.92 Å². The maximum Gasteiger partial charge on any atom is 0.309 e. The van der Waals surface area contributed by atoms with Crippen LogP contribution < -0.4 is 5.32 Å². The van der Waals surface area contributed by atoms with Gasteiger partial charge in [0.25, 0.3) is 0 Å². The molecular formula is C20H33IN4O2. The number of esters is 1. The molecule has 0 bridgehead atoms. The Hall–Kier alpha value is -1.35. The maximum absolute atomic E-state index is 11.9. The lowest BCUT2D eigenvalue weighted by Crippen LogP contribution is -2.46. The number of rotatable bonds is 6. The second kappa shape index (κ2) is 12.2. The Morgan fingerprint density at radius 1 is 1.30 bits per heavy atom. The van der Waals surface area contributed by atoms with E-state index in [0.717, 1.165) is 45.0 Å². The predicted octanol–water partition coefficient (Wildman–Crippen LogP) is 2.72. The van der Waals surface area contributed by atoms with Gasteiger partial charge in [0.2, 0.25) is 0 Å². The number of nitrogens with one attached hydrogen (secondary N) is 1. The summed E-state index contributed by atoms with van der Waals surface area (Å²) in [5.74, 6) is 0.852. The number of nitrogens with zero attached hydrogens (tertiary/aromatic N) is 3. The van der Waals surface area contributed by atoms with Crippen molar-refractivity contribution in [2.24, 2.45) is 10.9 Å². The van der Waals surface area contributed by atoms with E-state index in [1.807, 2.05) is 14.0 Å². The number of halogens is 1. The molecule has 1 N–H and O–H groups in total. The first-order chi connectivity index (χ1) is 12.5. The number of carbonyl (C=O) groups excluding carboxylic acids is 1. The number of benzene rings is 1. The van der Waals surface area contributed by atoms with Gasteiger partial charge in [-0.25, -0.2) is 0 Å². The van der Waals surface area contributed by atoms with Gasteiger partial charge in [0.1, 0.15) is 0 Å². The van der Waals surface area contributed by atoms with Gasteiger partial charge >= 0.3 is 5.97 Å². The van der Waals surface area contributed by atoms with Crippen LogP contribution in [0.1, 0.15) is 30.9 Å². The third-order valence-electron chi connectivity index (χ3n) is 4.57. The Balaban J connectivity index is 0.00000364. The van der Waals surface area contributed by atoms with Gasteiger partial charge in [-0.1, -0.05) is 24.3 Å². The summed E-state index contributed by atoms with van der Waals surface area (Å²) in [4.78, 5) is 20.7. The van der Waals surface area contributed by atoms with Gasteiger partial charge in [0.15, 0.2) is 5.96 Å². The fourth-order valence-corrected chi connectivity index (χ4v) is 3.30. The smallest absolute Gasteiger partial charge is 0.309 e. The standard InChI is InChI=1S/C20H32N4O2.HI/c1-5-26-19(25)18-9-11-24(12-10-18)20(21-2)22-14-16-7-6-8-17(13-16)15-23(3)4;/h6-8,13,18H,5,9-12,14-15H2,1-4H3,(H,21,22);1H. The lowest BCUT2D eigenvalue weighted by molar-refractivity contribution is -0.149. The molecule has 152 valence electrons. The average Bonchev–Trinajstić information content (AvgIpc) is 2.63. The number of hydrogen-bond donors (Lipinski definition) is 1. The third-order valence-corrected chi connectivity index (χ3v) is 4.57. The normalized spacial score (nSPS) is 15.4. The van der Waals surface area contributed by atoms with Crippen molar-refractivity contribution >= 4 is 35.9 Å². The maximum atomic E-state index is 11.9. The van der Waals surface area contributed by atoms with E-state index < -0.39 is 0 Å². The van der Waals surface area contributed by atoms with Crippen LogP contribution in [0.3, 0.4) is 0 Å². The first-order valence-corrected chi connectivity index (χ1v) is 9.38. The molecule has 27 heavy (non-hydrogen) atoms. The SMILES string of the molecule is CCOC(=O)C1CCN(C(=NC)NCc2cccc(CN(C)C)c2)CC1.I. The second-order valence-electron chi connectivity index (χ2n) is 6.97. The number of ether oxygens (including phenoxy) is 1. The molecule has 0 atom stereocenters. The topological polar surface area (TPSA) is 57.2 Å². The number of guanidine groups is 1. The predicted molar refractivity (Wildman–Crippen MR) is 120 cm³/mol. The average molecular weight is 488 g/mol. The second-order valence-corrected chi connectivity index (χ2v) is 6.97. The highest BCUT2D eigenvalue weighted by Crippen LogP contribution is 2.19. The highest BCUT2D eigenvalue weighted by molar-refractivity contribution is 14.0. The van der Waals surface area contributed by atoms with Crippen LogP contribution >= 0.6 is 24.0 Å². The molecule has 0 saturated carbocycles. The van der Waals surface area contributed by atoms with Crippen LogP contribution in [-0.2, 0) is 22.6 Å². The molecule has 0 spiro atoms. The summed E-state index contributed by atoms with van der Waals surface area (Å²) in [6.45, 7) is 5.63. The van der Waals surface area contributed by atoms with Crippen molar-refractivity contribution in [2.75, 3.05) is 40.8 Å². The van der Waals surface area contributed by atoms with Crippen LogP contribution in [-0.4, -0.2) is 62.6 Å². The van der Waals surface area contributed by atoms with Crippen LogP contribution in [0.25, 0.3) is 0 Å². The molecule has 2 rings (SSSR count). The number of carbonyl (C=O) groups is 1. The van der Waals surface area contributed by atoms with Gasteiger partial charge in [0.05, 0.1) is 12.5 Å². The van der Waals surface area contributed by atoms with Crippen molar-refractivity contribution < 1.29 is 9.53 Å². The Morgan fingerprint density at radius 3 is 2.56 bits per heavy atom. The summed E-state index contributed by atoms with van der Waals surface area (Å²) in [6, 6.07) is 8.61. The van der Waals surface area contributed by atoms with Crippen molar-refractivity contribution in [1.29, 1.82) is 0 Å². The number of piperidine rings is 1. The minimum absolute atomic E-state index is 0. The van der Waals surface area contributed by atoms with Crippen molar-refractivity contribution in [1.82, 2.24) is 15.1 Å². The molecule has 1 fully saturated rings. The Labute approximate surface area is 180 Å². The van der Waals surface area contributed by atoms with E-state index in [0.29, 0.717) is 6.61 Å². The molecule has 0 radical (unpaired) electrons. The summed E-state index contributed by atoms with van der Waals surface area (Å²) in [7, 11) is 5.96. The minimum Gasteiger partial charge on any atom is -0.466 e. The molecule has 0 amide bonds. The molecule has 0 aromatic heterocycles. The molecule has 6 nitrogen and oxygen atoms in total. The van der Waals surface area contributed by atoms with Gasteiger partial charge in [-0.15, -0.1) is 24.0 Å². The fraction of sp³-hybridized carbons (Fsp3) is 0.600. The van der Waals surface area contributed by atoms with Crippen molar-refractivity contribution in [3.8, 4) is 0 Å². The largest absolute Gasteiger partial charge is 0.466 e. The van der Waals surface area contributed by atoms with E-state index >= 15 is 0 Å². The molecular weight excluding hydrogens is 455 g/mol. The molecule has 0 unspecified atom stereocenters. The first-order valence-electron chi connectivity index (χ1n) is 9.38. The number of hydrogen-bond acceptors (Lipinski definition) is 4. The highest BCUT2D eigenvalue weighted by Gasteiger charge is 2.27. The summed E-state index contributed by atoms with van der Waals surface area (Å²) < 4.78 is 5.14. The Kier molecular flexibility index (Phi) is 10.7. The first kappa shape index (κ1) is 23.7. The van der Waals surface area contributed by atoms with E-state index in [2.05, 4.69) is 58.5 Å². The quantitative estimate of drug-likeness (QED) is 0.289. The lowest BCUT2D eigenvalue weighted by Gasteiger charge is -2.33. The summed E-state index contributed by atoms with van der Waals surface area (Å²) in [6.07, 6.45) is 1.63. The summed E-state index contributed by atoms with van der Waals surface area (Å²) in [5.41, 5.74) is 2.55. The lowest BCUT2D eigenvalue weighted by atomic mass is 9.97. The van der Waals surface area contributed by atoms with E-state index in [9.17, 15) is 4.79 Å². The number of likely N-dealkylation sites (tertiary alicyclic amines) is 1. The van der Waals surface area contributed by atoms with Crippen LogP contribution in [0.15, 0.2) is 29.3 Å². The van der Waals surface area contributed by atoms with Crippen LogP contribution in [0.2, 0.25) is 0 Å². The van der Waals surface area contributed by atoms with Crippen LogP contribution in [0.5, 0.6) is 0 Å². The Morgan fingerprint density at radius 2 is 1.96 bits per heavy atom. The summed E-state index contributed by atoms with van der Waals surface area (Å²) >= 11 is 0. The van der Waals surface area contributed by atoms with Crippen molar-refractivity contribution in [3.05, 3.63) is 35.4 Å². The molecule has 1 aliphatic heterocycles. The molecule has 0 aliphatic carbocycles. The highest BCUT2D eigenvalue weighted by atomic mass is 127. The minimum atomic E-state index is -0.0622. The molecule has 7 heteroatoms. The van der Waals surface area contributed by atoms with Gasteiger partial charge in [-0.05, 0) is 45.0 Å². The molecule has 1 aromatic rings. The van der Waals surface area contributed by atoms with E-state index in [1.54, 1.807) is 0 Å². The van der Waals surface area contributed by atoms with Crippen molar-refractivity contribution in [3.63, 3.8) is 0 Å². The zero-order valence-electron chi connectivity index (χ0n) is 16.9. The molecule has 1 heterocycles. The van der Waals surface area contributed by atoms with E-state index in [1.165, 1.54) is 11.1 Å². The van der Waals surface area contributed by atoms with Gasteiger partial charge < -0.3 is 19.9 Å². The van der Waals surface area contributed by atoms with Crippen LogP contribution in [0.4, 0.5) is 0 Å². The Bertz CT molecular complexity index is 614. The third kappa shape index (κ3) is 7.65. The monoisotopic (exact) mass is 488 g/mol. The zero-order chi connectivity index (χ0) is 18.9. The summed E-state index contributed by atoms with van der Waals surface area (Å²) in [5, 5.41) is 3.45. The van der Waals surface area contributed by atoms with E-state index in [4.69, 9.17) is 4.74 Å². The van der Waals surface area contributed by atoms with Gasteiger partial charge in [0, 0.05) is 33.2 Å². The molecule has 1 saturated heterocycles. The van der Waals surface area contributed by atoms with E-state index in [-0.39, 0.29) is 35.9 Å². The van der Waals surface area contributed by atoms with Gasteiger partial charge in [-0.2, -0.15) is 0 Å². The fourth-order valence-electron chi connectivity index (χ4n) is 3.30. The van der Waals surface area contributed by atoms with Crippen molar-refractivity contribution in [2.45, 2.75) is 32.9 Å². The zero-order valence-corrected chi connectivity index (χ0v) is 19.2. The molecule has 1 aromatic carbocycles. The van der Waals surface area contributed by atoms with Gasteiger partial charge in [-0.3, -0.25) is 9.79 Å². The number of aliphatic imine (C=N–C) groups is 1. The molecule has 1 aliphatic rings.